The number of rotatable bonds is 4. The molecule has 1 saturated heterocycles. The first-order valence-electron chi connectivity index (χ1n) is 6.88. The summed E-state index contributed by atoms with van der Waals surface area (Å²) < 4.78 is 26.3. The van der Waals surface area contributed by atoms with E-state index in [1.165, 1.54) is 10.4 Å². The number of sulfonamides is 1. The maximum atomic E-state index is 12.5. The molecule has 6 heteroatoms. The topological polar surface area (TPSA) is 57.6 Å². The maximum absolute atomic E-state index is 12.5. The van der Waals surface area contributed by atoms with E-state index >= 15 is 0 Å². The van der Waals surface area contributed by atoms with Gasteiger partial charge in [0.25, 0.3) is 0 Å². The highest BCUT2D eigenvalue weighted by atomic mass is 35.5. The van der Waals surface area contributed by atoms with Crippen molar-refractivity contribution < 1.29 is 13.5 Å². The van der Waals surface area contributed by atoms with E-state index in [9.17, 15) is 13.5 Å². The molecule has 2 rings (SSSR count). The fourth-order valence-electron chi connectivity index (χ4n) is 2.60. The monoisotopic (exact) mass is 329 g/mol. The summed E-state index contributed by atoms with van der Waals surface area (Å²) >= 11 is 6.01. The van der Waals surface area contributed by atoms with E-state index in [0.29, 0.717) is 23.6 Å². The molecule has 1 heterocycles. The number of nitrogens with zero attached hydrogens (tertiary/aromatic N) is 1. The largest absolute Gasteiger partial charge is 0.389 e. The van der Waals surface area contributed by atoms with E-state index in [-0.39, 0.29) is 0 Å². The molecule has 1 N–H and O–H groups in total. The van der Waals surface area contributed by atoms with Gasteiger partial charge in [-0.1, -0.05) is 29.8 Å². The number of halogens is 1. The first-order valence-corrected chi connectivity index (χ1v) is 8.77. The smallest absolute Gasteiger partial charge is 0.236 e. The predicted molar refractivity (Wildman–Crippen MR) is 85.4 cm³/mol. The van der Waals surface area contributed by atoms with Crippen molar-refractivity contribution in [3.63, 3.8) is 0 Å². The lowest BCUT2D eigenvalue weighted by atomic mass is 9.98. The van der Waals surface area contributed by atoms with Crippen LogP contribution in [0.15, 0.2) is 29.7 Å². The van der Waals surface area contributed by atoms with E-state index in [0.717, 1.165) is 11.8 Å². The Labute approximate surface area is 131 Å². The van der Waals surface area contributed by atoms with Crippen molar-refractivity contribution in [2.75, 3.05) is 6.54 Å². The summed E-state index contributed by atoms with van der Waals surface area (Å²) in [6.45, 7) is 3.72. The van der Waals surface area contributed by atoms with Gasteiger partial charge in [-0.25, -0.2) is 8.42 Å². The summed E-state index contributed by atoms with van der Waals surface area (Å²) in [5.41, 5.74) is -0.399. The van der Waals surface area contributed by atoms with Gasteiger partial charge in [-0.15, -0.1) is 0 Å². The van der Waals surface area contributed by atoms with Crippen molar-refractivity contribution in [3.05, 3.63) is 40.3 Å². The van der Waals surface area contributed by atoms with Gasteiger partial charge in [-0.3, -0.25) is 0 Å². The normalized spacial score (nSPS) is 21.2. The summed E-state index contributed by atoms with van der Waals surface area (Å²) in [4.78, 5) is 0. The number of hydrogen-bond donors (Lipinski definition) is 1. The minimum Gasteiger partial charge on any atom is -0.389 e. The molecule has 0 aromatic heterocycles. The molecule has 4 nitrogen and oxygen atoms in total. The van der Waals surface area contributed by atoms with E-state index in [4.69, 9.17) is 11.6 Å². The van der Waals surface area contributed by atoms with E-state index in [1.54, 1.807) is 38.1 Å². The number of hydrogen-bond acceptors (Lipinski definition) is 3. The zero-order valence-corrected chi connectivity index (χ0v) is 13.7. The molecule has 116 valence electrons. The van der Waals surface area contributed by atoms with Gasteiger partial charge in [0, 0.05) is 17.0 Å². The summed E-state index contributed by atoms with van der Waals surface area (Å²) in [5, 5.41) is 11.8. The molecule has 1 atom stereocenters. The van der Waals surface area contributed by atoms with Crippen LogP contribution in [0.2, 0.25) is 5.02 Å². The zero-order valence-electron chi connectivity index (χ0n) is 12.2. The van der Waals surface area contributed by atoms with Crippen LogP contribution < -0.4 is 0 Å². The second-order valence-electron chi connectivity index (χ2n) is 5.79. The lowest BCUT2D eigenvalue weighted by Crippen LogP contribution is -2.47. The van der Waals surface area contributed by atoms with Gasteiger partial charge in [0.2, 0.25) is 10.0 Å². The molecule has 1 aromatic rings. The molecule has 1 unspecified atom stereocenters. The Kier molecular flexibility index (Phi) is 4.78. The summed E-state index contributed by atoms with van der Waals surface area (Å²) in [6, 6.07) is 6.67. The van der Waals surface area contributed by atoms with Gasteiger partial charge in [0.15, 0.2) is 0 Å². The minimum absolute atomic E-state index is 0.390. The first kappa shape index (κ1) is 16.5. The van der Waals surface area contributed by atoms with Crippen molar-refractivity contribution in [1.82, 2.24) is 4.31 Å². The van der Waals surface area contributed by atoms with Crippen molar-refractivity contribution in [2.45, 2.75) is 38.3 Å². The van der Waals surface area contributed by atoms with Gasteiger partial charge < -0.3 is 5.11 Å². The highest BCUT2D eigenvalue weighted by Gasteiger charge is 2.41. The summed E-state index contributed by atoms with van der Waals surface area (Å²) in [6.07, 6.45) is 2.92. The molecule has 0 spiro atoms. The van der Waals surface area contributed by atoms with Crippen LogP contribution in [-0.4, -0.2) is 36.0 Å². The third-order valence-corrected chi connectivity index (χ3v) is 5.59. The van der Waals surface area contributed by atoms with Crippen LogP contribution in [0.4, 0.5) is 0 Å². The molecule has 0 amide bonds. The first-order chi connectivity index (χ1) is 9.72. The van der Waals surface area contributed by atoms with Gasteiger partial charge in [-0.2, -0.15) is 4.31 Å². The molecule has 0 saturated carbocycles. The van der Waals surface area contributed by atoms with Crippen LogP contribution in [0.3, 0.4) is 0 Å². The van der Waals surface area contributed by atoms with Gasteiger partial charge >= 0.3 is 0 Å². The quantitative estimate of drug-likeness (QED) is 0.924. The van der Waals surface area contributed by atoms with Crippen LogP contribution in [0, 0.1) is 0 Å². The van der Waals surface area contributed by atoms with Crippen molar-refractivity contribution in [2.24, 2.45) is 0 Å². The minimum atomic E-state index is -3.57. The zero-order chi connectivity index (χ0) is 15.7. The van der Waals surface area contributed by atoms with Crippen molar-refractivity contribution in [1.29, 1.82) is 0 Å². The molecular formula is C15H20ClNO3S. The third-order valence-electron chi connectivity index (χ3n) is 3.67. The molecule has 1 fully saturated rings. The molecule has 1 aliphatic heterocycles. The average molecular weight is 330 g/mol. The Morgan fingerprint density at radius 1 is 1.38 bits per heavy atom. The van der Waals surface area contributed by atoms with Gasteiger partial charge in [0.1, 0.15) is 0 Å². The Balaban J connectivity index is 2.25. The molecule has 0 aliphatic carbocycles. The lowest BCUT2D eigenvalue weighted by molar-refractivity contribution is 0.0218. The SMILES string of the molecule is CC(C)(O)C1CCCN1S(=O)(=O)/C=C/c1ccccc1Cl. The highest BCUT2D eigenvalue weighted by Crippen LogP contribution is 2.30. The van der Waals surface area contributed by atoms with Crippen LogP contribution in [0.25, 0.3) is 6.08 Å². The van der Waals surface area contributed by atoms with Crippen molar-refractivity contribution in [3.8, 4) is 0 Å². The average Bonchev–Trinajstić information content (AvgIpc) is 2.88. The van der Waals surface area contributed by atoms with Gasteiger partial charge in [-0.05, 0) is 44.4 Å². The van der Waals surface area contributed by atoms with Crippen LogP contribution in [-0.2, 0) is 10.0 Å². The van der Waals surface area contributed by atoms with Gasteiger partial charge in [0.05, 0.1) is 11.6 Å². The number of benzene rings is 1. The molecule has 21 heavy (non-hydrogen) atoms. The standard InChI is InChI=1S/C15H20ClNO3S/c1-15(2,18)14-8-5-10-17(14)21(19,20)11-9-12-6-3-4-7-13(12)16/h3-4,6-7,9,11,14,18H,5,8,10H2,1-2H3/b11-9+. The fourth-order valence-corrected chi connectivity index (χ4v) is 4.37. The van der Waals surface area contributed by atoms with Crippen LogP contribution >= 0.6 is 11.6 Å². The number of aliphatic hydroxyl groups is 1. The Hall–Kier alpha value is -0.880. The molecule has 1 aliphatic rings. The second kappa shape index (κ2) is 6.08. The third kappa shape index (κ3) is 3.86. The highest BCUT2D eigenvalue weighted by molar-refractivity contribution is 7.92. The van der Waals surface area contributed by atoms with E-state index < -0.39 is 21.7 Å². The molecular weight excluding hydrogens is 310 g/mol. The van der Waals surface area contributed by atoms with Crippen LogP contribution in [0.1, 0.15) is 32.3 Å². The van der Waals surface area contributed by atoms with Crippen molar-refractivity contribution >= 4 is 27.7 Å². The maximum Gasteiger partial charge on any atom is 0.236 e. The lowest BCUT2D eigenvalue weighted by Gasteiger charge is -2.32. The fraction of sp³-hybridized carbons (Fsp3) is 0.467. The van der Waals surface area contributed by atoms with E-state index in [1.807, 2.05) is 0 Å². The second-order valence-corrected chi connectivity index (χ2v) is 7.97. The Morgan fingerprint density at radius 3 is 2.67 bits per heavy atom. The van der Waals surface area contributed by atoms with E-state index in [2.05, 4.69) is 0 Å². The summed E-state index contributed by atoms with van der Waals surface area (Å²) in [5.74, 6) is 0. The molecule has 0 radical (unpaired) electrons. The van der Waals surface area contributed by atoms with Crippen LogP contribution in [0.5, 0.6) is 0 Å². The Bertz CT molecular complexity index is 635. The summed E-state index contributed by atoms with van der Waals surface area (Å²) in [7, 11) is -3.57. The predicted octanol–water partition coefficient (Wildman–Crippen LogP) is 2.88. The Morgan fingerprint density at radius 2 is 2.05 bits per heavy atom. The molecule has 1 aromatic carbocycles. The molecule has 0 bridgehead atoms.